The van der Waals surface area contributed by atoms with Crippen LogP contribution in [0.1, 0.15) is 22.1 Å². The van der Waals surface area contributed by atoms with Gasteiger partial charge in [0.25, 0.3) is 0 Å². The number of para-hydroxylation sites is 1. The van der Waals surface area contributed by atoms with Crippen molar-refractivity contribution in [3.8, 4) is 0 Å². The molecule has 2 rings (SSSR count). The highest BCUT2D eigenvalue weighted by Gasteiger charge is 2.15. The standard InChI is InChI=1S/C13H15N3O3/c1-9-14-15-12(19-9)8-16(2)11-7-5-4-6-10(11)13(17)18-3/h4-7H,8H2,1-3H3. The maximum absolute atomic E-state index is 11.7. The van der Waals surface area contributed by atoms with Gasteiger partial charge in [-0.15, -0.1) is 10.2 Å². The number of ether oxygens (including phenoxy) is 1. The van der Waals surface area contributed by atoms with Crippen LogP contribution in [0.15, 0.2) is 28.7 Å². The third-order valence-electron chi connectivity index (χ3n) is 2.66. The molecule has 0 saturated heterocycles. The van der Waals surface area contributed by atoms with Crippen LogP contribution in [0.4, 0.5) is 5.69 Å². The Hall–Kier alpha value is -2.37. The minimum absolute atomic E-state index is 0.371. The molecule has 0 amide bonds. The van der Waals surface area contributed by atoms with Crippen molar-refractivity contribution < 1.29 is 13.9 Å². The number of carbonyl (C=O) groups excluding carboxylic acids is 1. The van der Waals surface area contributed by atoms with Crippen molar-refractivity contribution in [3.63, 3.8) is 0 Å². The van der Waals surface area contributed by atoms with Crippen LogP contribution in [-0.4, -0.2) is 30.3 Å². The van der Waals surface area contributed by atoms with Gasteiger partial charge in [-0.3, -0.25) is 0 Å². The minimum atomic E-state index is -0.371. The summed E-state index contributed by atoms with van der Waals surface area (Å²) in [6.45, 7) is 2.16. The molecule has 1 aromatic carbocycles. The second-order valence-electron chi connectivity index (χ2n) is 4.08. The normalized spacial score (nSPS) is 10.3. The number of anilines is 1. The Bertz CT molecular complexity index is 580. The number of aromatic nitrogens is 2. The van der Waals surface area contributed by atoms with E-state index >= 15 is 0 Å². The van der Waals surface area contributed by atoms with Crippen LogP contribution in [0.25, 0.3) is 0 Å². The lowest BCUT2D eigenvalue weighted by molar-refractivity contribution is 0.0601. The Balaban J connectivity index is 2.23. The molecule has 0 aliphatic rings. The highest BCUT2D eigenvalue weighted by atomic mass is 16.5. The van der Waals surface area contributed by atoms with Gasteiger partial charge >= 0.3 is 5.97 Å². The number of methoxy groups -OCH3 is 1. The Morgan fingerprint density at radius 3 is 2.74 bits per heavy atom. The molecule has 6 nitrogen and oxygen atoms in total. The third kappa shape index (κ3) is 2.90. The summed E-state index contributed by atoms with van der Waals surface area (Å²) < 4.78 is 10.1. The van der Waals surface area contributed by atoms with Crippen molar-refractivity contribution in [2.24, 2.45) is 0 Å². The van der Waals surface area contributed by atoms with E-state index in [9.17, 15) is 4.79 Å². The number of rotatable bonds is 4. The van der Waals surface area contributed by atoms with Crippen LogP contribution >= 0.6 is 0 Å². The first-order valence-electron chi connectivity index (χ1n) is 5.79. The largest absolute Gasteiger partial charge is 0.465 e. The second kappa shape index (κ2) is 5.51. The SMILES string of the molecule is COC(=O)c1ccccc1N(C)Cc1nnc(C)o1. The molecule has 0 N–H and O–H groups in total. The summed E-state index contributed by atoms with van der Waals surface area (Å²) in [7, 11) is 3.21. The molecule has 0 spiro atoms. The molecule has 0 atom stereocenters. The van der Waals surface area contributed by atoms with Gasteiger partial charge in [-0.25, -0.2) is 4.79 Å². The monoisotopic (exact) mass is 261 g/mol. The average Bonchev–Trinajstić information content (AvgIpc) is 2.83. The quantitative estimate of drug-likeness (QED) is 0.782. The lowest BCUT2D eigenvalue weighted by atomic mass is 10.1. The zero-order chi connectivity index (χ0) is 13.8. The van der Waals surface area contributed by atoms with Gasteiger partial charge in [0, 0.05) is 14.0 Å². The van der Waals surface area contributed by atoms with Gasteiger partial charge in [0.2, 0.25) is 11.8 Å². The zero-order valence-corrected chi connectivity index (χ0v) is 11.1. The van der Waals surface area contributed by atoms with Crippen molar-refractivity contribution in [3.05, 3.63) is 41.6 Å². The first-order chi connectivity index (χ1) is 9.11. The Morgan fingerprint density at radius 2 is 2.11 bits per heavy atom. The van der Waals surface area contributed by atoms with E-state index in [1.54, 1.807) is 19.1 Å². The number of benzene rings is 1. The van der Waals surface area contributed by atoms with Gasteiger partial charge in [0.15, 0.2) is 0 Å². The molecule has 0 bridgehead atoms. The van der Waals surface area contributed by atoms with E-state index in [0.29, 0.717) is 23.9 Å². The van der Waals surface area contributed by atoms with Gasteiger partial charge < -0.3 is 14.1 Å². The summed E-state index contributed by atoms with van der Waals surface area (Å²) in [5, 5.41) is 7.70. The van der Waals surface area contributed by atoms with Crippen LogP contribution in [0, 0.1) is 6.92 Å². The van der Waals surface area contributed by atoms with Crippen LogP contribution in [0.3, 0.4) is 0 Å². The van der Waals surface area contributed by atoms with Crippen molar-refractivity contribution in [1.29, 1.82) is 0 Å². The van der Waals surface area contributed by atoms with Crippen molar-refractivity contribution in [1.82, 2.24) is 10.2 Å². The van der Waals surface area contributed by atoms with Crippen molar-refractivity contribution in [2.45, 2.75) is 13.5 Å². The summed E-state index contributed by atoms with van der Waals surface area (Å²) in [4.78, 5) is 13.6. The fourth-order valence-electron chi connectivity index (χ4n) is 1.78. The van der Waals surface area contributed by atoms with E-state index in [0.717, 1.165) is 5.69 Å². The Kier molecular flexibility index (Phi) is 3.79. The van der Waals surface area contributed by atoms with E-state index in [1.165, 1.54) is 7.11 Å². The molecule has 0 radical (unpaired) electrons. The summed E-state index contributed by atoms with van der Waals surface area (Å²) in [6.07, 6.45) is 0. The van der Waals surface area contributed by atoms with Crippen LogP contribution in [0.2, 0.25) is 0 Å². The minimum Gasteiger partial charge on any atom is -0.465 e. The maximum Gasteiger partial charge on any atom is 0.339 e. The average molecular weight is 261 g/mol. The number of hydrogen-bond acceptors (Lipinski definition) is 6. The molecule has 0 aliphatic heterocycles. The summed E-state index contributed by atoms with van der Waals surface area (Å²) in [5.74, 6) is 0.647. The lowest BCUT2D eigenvalue weighted by Gasteiger charge is -2.19. The second-order valence-corrected chi connectivity index (χ2v) is 4.08. The van der Waals surface area contributed by atoms with Gasteiger partial charge in [0.1, 0.15) is 0 Å². The highest BCUT2D eigenvalue weighted by Crippen LogP contribution is 2.21. The topological polar surface area (TPSA) is 68.5 Å². The molecule has 2 aromatic rings. The number of esters is 1. The molecule has 6 heteroatoms. The third-order valence-corrected chi connectivity index (χ3v) is 2.66. The molecular weight excluding hydrogens is 246 g/mol. The van der Waals surface area contributed by atoms with E-state index in [2.05, 4.69) is 10.2 Å². The summed E-state index contributed by atoms with van der Waals surface area (Å²) >= 11 is 0. The number of carbonyl (C=O) groups is 1. The molecule has 0 aliphatic carbocycles. The van der Waals surface area contributed by atoms with Gasteiger partial charge in [-0.2, -0.15) is 0 Å². The molecular formula is C13H15N3O3. The van der Waals surface area contributed by atoms with Gasteiger partial charge in [0.05, 0.1) is 24.9 Å². The Morgan fingerprint density at radius 1 is 1.37 bits per heavy atom. The predicted molar refractivity (Wildman–Crippen MR) is 68.9 cm³/mol. The zero-order valence-electron chi connectivity index (χ0n) is 11.1. The number of aryl methyl sites for hydroxylation is 1. The van der Waals surface area contributed by atoms with Crippen molar-refractivity contribution >= 4 is 11.7 Å². The maximum atomic E-state index is 11.7. The molecule has 100 valence electrons. The van der Waals surface area contributed by atoms with Crippen molar-refractivity contribution in [2.75, 3.05) is 19.1 Å². The van der Waals surface area contributed by atoms with Gasteiger partial charge in [-0.05, 0) is 12.1 Å². The molecule has 1 heterocycles. The van der Waals surface area contributed by atoms with E-state index in [4.69, 9.17) is 9.15 Å². The first-order valence-corrected chi connectivity index (χ1v) is 5.79. The fourth-order valence-corrected chi connectivity index (χ4v) is 1.78. The Labute approximate surface area is 111 Å². The highest BCUT2D eigenvalue weighted by molar-refractivity contribution is 5.95. The van der Waals surface area contributed by atoms with E-state index in [-0.39, 0.29) is 5.97 Å². The van der Waals surface area contributed by atoms with Gasteiger partial charge in [-0.1, -0.05) is 12.1 Å². The van der Waals surface area contributed by atoms with Crippen LogP contribution < -0.4 is 4.90 Å². The molecule has 19 heavy (non-hydrogen) atoms. The summed E-state index contributed by atoms with van der Waals surface area (Å²) in [6, 6.07) is 7.21. The lowest BCUT2D eigenvalue weighted by Crippen LogP contribution is -2.20. The van der Waals surface area contributed by atoms with Crippen LogP contribution in [0.5, 0.6) is 0 Å². The van der Waals surface area contributed by atoms with Crippen LogP contribution in [-0.2, 0) is 11.3 Å². The first kappa shape index (κ1) is 13.1. The fraction of sp³-hybridized carbons (Fsp3) is 0.308. The van der Waals surface area contributed by atoms with E-state index < -0.39 is 0 Å². The molecule has 0 saturated carbocycles. The predicted octanol–water partition coefficient (Wildman–Crippen LogP) is 1.80. The number of hydrogen-bond donors (Lipinski definition) is 0. The molecule has 0 unspecified atom stereocenters. The molecule has 1 aromatic heterocycles. The van der Waals surface area contributed by atoms with E-state index in [1.807, 2.05) is 24.1 Å². The summed E-state index contributed by atoms with van der Waals surface area (Å²) in [5.41, 5.74) is 1.26. The smallest absolute Gasteiger partial charge is 0.339 e. The number of nitrogens with zero attached hydrogens (tertiary/aromatic N) is 3. The molecule has 0 fully saturated rings.